The average Bonchev–Trinajstić information content (AvgIpc) is 2.94. The van der Waals surface area contributed by atoms with Gasteiger partial charge in [-0.15, -0.1) is 0 Å². The lowest BCUT2D eigenvalue weighted by Gasteiger charge is -2.19. The molecule has 1 fully saturated rings. The molecule has 4 heteroatoms. The van der Waals surface area contributed by atoms with Gasteiger partial charge in [-0.2, -0.15) is 0 Å². The molecule has 21 heavy (non-hydrogen) atoms. The Hall–Kier alpha value is -1.55. The number of rotatable bonds is 5. The van der Waals surface area contributed by atoms with Gasteiger partial charge in [0.25, 0.3) is 5.91 Å². The fourth-order valence-electron chi connectivity index (χ4n) is 2.53. The summed E-state index contributed by atoms with van der Waals surface area (Å²) in [5, 5.41) is 2.90. The number of carbonyl (C=O) groups excluding carboxylic acids is 1. The van der Waals surface area contributed by atoms with E-state index < -0.39 is 6.10 Å². The third-order valence-electron chi connectivity index (χ3n) is 3.96. The van der Waals surface area contributed by atoms with Crippen LogP contribution in [0.15, 0.2) is 12.1 Å². The van der Waals surface area contributed by atoms with Gasteiger partial charge in [-0.05, 0) is 63.3 Å². The zero-order valence-electron chi connectivity index (χ0n) is 13.4. The van der Waals surface area contributed by atoms with Crippen LogP contribution in [0.3, 0.4) is 0 Å². The van der Waals surface area contributed by atoms with Crippen molar-refractivity contribution < 1.29 is 14.3 Å². The fourth-order valence-corrected chi connectivity index (χ4v) is 2.53. The van der Waals surface area contributed by atoms with Gasteiger partial charge >= 0.3 is 0 Å². The Labute approximate surface area is 126 Å². The molecule has 0 aliphatic carbocycles. The van der Waals surface area contributed by atoms with Crippen LogP contribution in [-0.2, 0) is 9.53 Å². The van der Waals surface area contributed by atoms with Crippen LogP contribution in [0.5, 0.6) is 5.75 Å². The number of hydrogen-bond donors (Lipinski definition) is 1. The van der Waals surface area contributed by atoms with E-state index in [4.69, 9.17) is 9.47 Å². The zero-order valence-corrected chi connectivity index (χ0v) is 13.4. The topological polar surface area (TPSA) is 47.6 Å². The molecule has 116 valence electrons. The maximum Gasteiger partial charge on any atom is 0.260 e. The van der Waals surface area contributed by atoms with Gasteiger partial charge in [0.15, 0.2) is 6.10 Å². The number of ether oxygens (including phenoxy) is 2. The van der Waals surface area contributed by atoms with Gasteiger partial charge in [-0.25, -0.2) is 0 Å². The van der Waals surface area contributed by atoms with E-state index in [0.717, 1.165) is 36.3 Å². The monoisotopic (exact) mass is 291 g/mol. The number of hydrogen-bond acceptors (Lipinski definition) is 3. The molecule has 1 amide bonds. The highest BCUT2D eigenvalue weighted by Crippen LogP contribution is 2.24. The highest BCUT2D eigenvalue weighted by atomic mass is 16.5. The van der Waals surface area contributed by atoms with E-state index >= 15 is 0 Å². The standard InChI is InChI=1S/C17H25NO3/c1-11-8-12(2)13(3)16(9-11)21-14(4)17(19)18-10-15-6-5-7-20-15/h8-9,14-15H,5-7,10H2,1-4H3,(H,18,19)/t14-,15+/m0/s1. The minimum atomic E-state index is -0.508. The number of aryl methyl sites for hydroxylation is 2. The average molecular weight is 291 g/mol. The molecule has 1 aliphatic rings. The number of benzene rings is 1. The van der Waals surface area contributed by atoms with Gasteiger partial charge in [0.2, 0.25) is 0 Å². The first-order valence-corrected chi connectivity index (χ1v) is 7.61. The Morgan fingerprint density at radius 3 is 2.86 bits per heavy atom. The quantitative estimate of drug-likeness (QED) is 0.907. The first kappa shape index (κ1) is 15.8. The Morgan fingerprint density at radius 1 is 1.43 bits per heavy atom. The number of nitrogens with one attached hydrogen (secondary N) is 1. The number of carbonyl (C=O) groups is 1. The summed E-state index contributed by atoms with van der Waals surface area (Å²) in [6, 6.07) is 4.09. The molecule has 1 saturated heterocycles. The highest BCUT2D eigenvalue weighted by Gasteiger charge is 2.20. The summed E-state index contributed by atoms with van der Waals surface area (Å²) in [6.45, 7) is 9.24. The van der Waals surface area contributed by atoms with E-state index in [1.165, 1.54) is 5.56 Å². The Bertz CT molecular complexity index is 507. The predicted molar refractivity (Wildman–Crippen MR) is 82.7 cm³/mol. The Balaban J connectivity index is 1.91. The predicted octanol–water partition coefficient (Wildman–Crippen LogP) is 2.67. The Kier molecular flexibility index (Phi) is 5.23. The molecule has 4 nitrogen and oxygen atoms in total. The third kappa shape index (κ3) is 4.21. The van der Waals surface area contributed by atoms with Crippen LogP contribution >= 0.6 is 0 Å². The van der Waals surface area contributed by atoms with E-state index in [2.05, 4.69) is 18.3 Å². The third-order valence-corrected chi connectivity index (χ3v) is 3.96. The molecule has 1 aliphatic heterocycles. The first-order chi connectivity index (χ1) is 9.97. The van der Waals surface area contributed by atoms with Gasteiger partial charge in [0.1, 0.15) is 5.75 Å². The van der Waals surface area contributed by atoms with E-state index in [1.807, 2.05) is 19.9 Å². The van der Waals surface area contributed by atoms with Crippen LogP contribution < -0.4 is 10.1 Å². The van der Waals surface area contributed by atoms with Crippen LogP contribution in [-0.4, -0.2) is 31.3 Å². The van der Waals surface area contributed by atoms with Gasteiger partial charge in [0.05, 0.1) is 6.10 Å². The van der Waals surface area contributed by atoms with Crippen LogP contribution in [0.1, 0.15) is 36.5 Å². The lowest BCUT2D eigenvalue weighted by molar-refractivity contribution is -0.127. The molecule has 1 aromatic carbocycles. The summed E-state index contributed by atoms with van der Waals surface area (Å²) in [4.78, 5) is 12.1. The van der Waals surface area contributed by atoms with Gasteiger partial charge < -0.3 is 14.8 Å². The summed E-state index contributed by atoms with van der Waals surface area (Å²) in [6.07, 6.45) is 1.75. The molecule has 1 N–H and O–H groups in total. The van der Waals surface area contributed by atoms with Crippen molar-refractivity contribution in [2.24, 2.45) is 0 Å². The highest BCUT2D eigenvalue weighted by molar-refractivity contribution is 5.80. The van der Waals surface area contributed by atoms with Gasteiger partial charge in [-0.3, -0.25) is 4.79 Å². The van der Waals surface area contributed by atoms with Crippen molar-refractivity contribution in [1.82, 2.24) is 5.32 Å². The van der Waals surface area contributed by atoms with Crippen molar-refractivity contribution in [2.75, 3.05) is 13.2 Å². The molecular weight excluding hydrogens is 266 g/mol. The van der Waals surface area contributed by atoms with Crippen molar-refractivity contribution >= 4 is 5.91 Å². The first-order valence-electron chi connectivity index (χ1n) is 7.61. The second kappa shape index (κ2) is 6.94. The summed E-state index contributed by atoms with van der Waals surface area (Å²) in [5.74, 6) is 0.691. The Morgan fingerprint density at radius 2 is 2.19 bits per heavy atom. The minimum absolute atomic E-state index is 0.0935. The molecule has 1 aromatic rings. The van der Waals surface area contributed by atoms with Gasteiger partial charge in [0, 0.05) is 13.2 Å². The summed E-state index contributed by atoms with van der Waals surface area (Å²) >= 11 is 0. The van der Waals surface area contributed by atoms with Crippen molar-refractivity contribution in [3.63, 3.8) is 0 Å². The zero-order chi connectivity index (χ0) is 15.4. The normalized spacial score (nSPS) is 19.3. The molecule has 1 heterocycles. The van der Waals surface area contributed by atoms with E-state index in [-0.39, 0.29) is 12.0 Å². The van der Waals surface area contributed by atoms with Crippen molar-refractivity contribution in [3.05, 3.63) is 28.8 Å². The van der Waals surface area contributed by atoms with Crippen molar-refractivity contribution in [3.8, 4) is 5.75 Å². The van der Waals surface area contributed by atoms with Crippen LogP contribution in [0.25, 0.3) is 0 Å². The SMILES string of the molecule is Cc1cc(C)c(C)c(O[C@@H](C)C(=O)NC[C@H]2CCCO2)c1. The largest absolute Gasteiger partial charge is 0.481 e. The van der Waals surface area contributed by atoms with E-state index in [1.54, 1.807) is 6.92 Å². The van der Waals surface area contributed by atoms with Gasteiger partial charge in [-0.1, -0.05) is 6.07 Å². The second-order valence-corrected chi connectivity index (χ2v) is 5.85. The summed E-state index contributed by atoms with van der Waals surface area (Å²) in [7, 11) is 0. The molecule has 0 saturated carbocycles. The molecule has 2 rings (SSSR count). The summed E-state index contributed by atoms with van der Waals surface area (Å²) in [5.41, 5.74) is 3.40. The molecule has 0 spiro atoms. The maximum absolute atomic E-state index is 12.1. The maximum atomic E-state index is 12.1. The fraction of sp³-hybridized carbons (Fsp3) is 0.588. The molecule has 2 atom stereocenters. The number of amides is 1. The van der Waals surface area contributed by atoms with Crippen LogP contribution in [0, 0.1) is 20.8 Å². The molecule has 0 unspecified atom stereocenters. The lowest BCUT2D eigenvalue weighted by atomic mass is 10.1. The minimum Gasteiger partial charge on any atom is -0.481 e. The van der Waals surface area contributed by atoms with E-state index in [0.29, 0.717) is 6.54 Å². The molecule has 0 aromatic heterocycles. The van der Waals surface area contributed by atoms with Crippen molar-refractivity contribution in [2.45, 2.75) is 52.7 Å². The lowest BCUT2D eigenvalue weighted by Crippen LogP contribution is -2.40. The van der Waals surface area contributed by atoms with E-state index in [9.17, 15) is 4.79 Å². The van der Waals surface area contributed by atoms with Crippen molar-refractivity contribution in [1.29, 1.82) is 0 Å². The van der Waals surface area contributed by atoms with Crippen LogP contribution in [0.2, 0.25) is 0 Å². The van der Waals surface area contributed by atoms with Crippen LogP contribution in [0.4, 0.5) is 0 Å². The summed E-state index contributed by atoms with van der Waals surface area (Å²) < 4.78 is 11.3. The second-order valence-electron chi connectivity index (χ2n) is 5.85. The molecule has 0 radical (unpaired) electrons. The molecular formula is C17H25NO3. The molecule has 0 bridgehead atoms. The smallest absolute Gasteiger partial charge is 0.260 e.